The molecule has 110 valence electrons. The van der Waals surface area contributed by atoms with Gasteiger partial charge in [-0.2, -0.15) is 0 Å². The zero-order valence-corrected chi connectivity index (χ0v) is 14.9. The Labute approximate surface area is 138 Å². The minimum Gasteiger partial charge on any atom is -0.340 e. The third-order valence-corrected chi connectivity index (χ3v) is 5.17. The SMILES string of the molecule is O=P(O)(O)CCn1c2ccc(Br)cc2c2cc(Br)ccc21. The highest BCUT2D eigenvalue weighted by atomic mass is 79.9. The van der Waals surface area contributed by atoms with Gasteiger partial charge in [0.05, 0.1) is 6.16 Å². The van der Waals surface area contributed by atoms with E-state index in [-0.39, 0.29) is 12.7 Å². The van der Waals surface area contributed by atoms with Gasteiger partial charge in [0, 0.05) is 37.3 Å². The molecule has 0 fully saturated rings. The molecule has 0 saturated heterocycles. The smallest absolute Gasteiger partial charge is 0.327 e. The van der Waals surface area contributed by atoms with Crippen LogP contribution in [0.25, 0.3) is 21.8 Å². The third-order valence-electron chi connectivity index (χ3n) is 3.40. The van der Waals surface area contributed by atoms with Crippen LogP contribution >= 0.6 is 39.5 Å². The Balaban J connectivity index is 2.27. The van der Waals surface area contributed by atoms with Gasteiger partial charge in [0.15, 0.2) is 0 Å². The van der Waals surface area contributed by atoms with Gasteiger partial charge in [0.1, 0.15) is 0 Å². The quantitative estimate of drug-likeness (QED) is 0.599. The maximum Gasteiger partial charge on any atom is 0.327 e. The van der Waals surface area contributed by atoms with Crippen molar-refractivity contribution in [3.63, 3.8) is 0 Å². The molecule has 0 unspecified atom stereocenters. The second-order valence-corrected chi connectivity index (χ2v) is 8.47. The van der Waals surface area contributed by atoms with Gasteiger partial charge in [-0.3, -0.25) is 4.57 Å². The standard InChI is InChI=1S/C14H12Br2NO3P/c15-9-1-3-13-11(7-9)12-8-10(16)2-4-14(12)17(13)5-6-21(18,19)20/h1-4,7-8H,5-6H2,(H2,18,19,20). The van der Waals surface area contributed by atoms with Crippen molar-refractivity contribution in [2.45, 2.75) is 6.54 Å². The van der Waals surface area contributed by atoms with Gasteiger partial charge in [-0.1, -0.05) is 31.9 Å². The number of nitrogens with zero attached hydrogens (tertiary/aromatic N) is 1. The number of hydrogen-bond acceptors (Lipinski definition) is 1. The molecule has 3 aromatic rings. The summed E-state index contributed by atoms with van der Waals surface area (Å²) in [5, 5.41) is 2.12. The van der Waals surface area contributed by atoms with Crippen LogP contribution in [0.4, 0.5) is 0 Å². The third kappa shape index (κ3) is 3.10. The van der Waals surface area contributed by atoms with Crippen molar-refractivity contribution in [2.24, 2.45) is 0 Å². The predicted octanol–water partition coefficient (Wildman–Crippen LogP) is 4.50. The number of rotatable bonds is 3. The zero-order chi connectivity index (χ0) is 15.2. The molecule has 1 aromatic heterocycles. The summed E-state index contributed by atoms with van der Waals surface area (Å²) in [5.74, 6) is 0. The number of halogens is 2. The molecule has 0 aliphatic carbocycles. The van der Waals surface area contributed by atoms with Crippen LogP contribution in [0.1, 0.15) is 0 Å². The van der Waals surface area contributed by atoms with E-state index in [9.17, 15) is 4.57 Å². The van der Waals surface area contributed by atoms with E-state index in [0.717, 1.165) is 30.8 Å². The van der Waals surface area contributed by atoms with Crippen molar-refractivity contribution in [1.82, 2.24) is 4.57 Å². The first kappa shape index (κ1) is 15.3. The Morgan fingerprint density at radius 3 is 1.86 bits per heavy atom. The summed E-state index contributed by atoms with van der Waals surface area (Å²) in [7, 11) is -4.02. The Bertz CT molecular complexity index is 825. The Hall–Kier alpha value is -0.650. The second-order valence-electron chi connectivity index (χ2n) is 4.86. The topological polar surface area (TPSA) is 62.5 Å². The summed E-state index contributed by atoms with van der Waals surface area (Å²) in [6.45, 7) is 0.285. The van der Waals surface area contributed by atoms with Gasteiger partial charge < -0.3 is 14.4 Å². The van der Waals surface area contributed by atoms with Crippen LogP contribution < -0.4 is 0 Å². The minimum absolute atomic E-state index is 0.169. The van der Waals surface area contributed by atoms with E-state index in [1.165, 1.54) is 0 Å². The van der Waals surface area contributed by atoms with E-state index in [1.807, 2.05) is 41.0 Å². The summed E-state index contributed by atoms with van der Waals surface area (Å²) in [6.07, 6.45) is -0.169. The van der Waals surface area contributed by atoms with Crippen LogP contribution in [0, 0.1) is 0 Å². The van der Waals surface area contributed by atoms with Gasteiger partial charge in [0.25, 0.3) is 0 Å². The van der Waals surface area contributed by atoms with Crippen LogP contribution in [-0.2, 0) is 11.1 Å². The number of aryl methyl sites for hydroxylation is 1. The Kier molecular flexibility index (Phi) is 4.01. The molecular weight excluding hydrogens is 421 g/mol. The number of hydrogen-bond donors (Lipinski definition) is 2. The maximum absolute atomic E-state index is 11.2. The summed E-state index contributed by atoms with van der Waals surface area (Å²) in [6, 6.07) is 11.9. The molecule has 3 rings (SSSR count). The van der Waals surface area contributed by atoms with Gasteiger partial charge in [-0.15, -0.1) is 0 Å². The lowest BCUT2D eigenvalue weighted by atomic mass is 10.2. The highest BCUT2D eigenvalue weighted by Gasteiger charge is 2.16. The number of fused-ring (bicyclic) bond motifs is 3. The first-order valence-corrected chi connectivity index (χ1v) is 9.65. The van der Waals surface area contributed by atoms with Crippen LogP contribution in [0.15, 0.2) is 45.3 Å². The normalized spacial score (nSPS) is 12.4. The van der Waals surface area contributed by atoms with Crippen molar-refractivity contribution < 1.29 is 14.4 Å². The molecule has 0 amide bonds. The van der Waals surface area contributed by atoms with Crippen LogP contribution in [-0.4, -0.2) is 20.5 Å². The zero-order valence-electron chi connectivity index (χ0n) is 10.8. The maximum atomic E-state index is 11.2. The van der Waals surface area contributed by atoms with Crippen molar-refractivity contribution >= 4 is 61.3 Å². The Morgan fingerprint density at radius 1 is 0.952 bits per heavy atom. The molecule has 0 radical (unpaired) electrons. The number of benzene rings is 2. The monoisotopic (exact) mass is 431 g/mol. The van der Waals surface area contributed by atoms with E-state index in [0.29, 0.717) is 0 Å². The molecule has 0 atom stereocenters. The van der Waals surface area contributed by atoms with E-state index >= 15 is 0 Å². The average Bonchev–Trinajstić information content (AvgIpc) is 2.68. The fourth-order valence-electron chi connectivity index (χ4n) is 2.52. The molecule has 0 bridgehead atoms. The van der Waals surface area contributed by atoms with E-state index in [1.54, 1.807) is 0 Å². The van der Waals surface area contributed by atoms with Crippen LogP contribution in [0.5, 0.6) is 0 Å². The van der Waals surface area contributed by atoms with Crippen molar-refractivity contribution in [3.8, 4) is 0 Å². The molecule has 4 nitrogen and oxygen atoms in total. The molecule has 0 aliphatic heterocycles. The molecule has 0 spiro atoms. The molecule has 7 heteroatoms. The fourth-order valence-corrected chi connectivity index (χ4v) is 3.70. The van der Waals surface area contributed by atoms with E-state index in [4.69, 9.17) is 9.79 Å². The predicted molar refractivity (Wildman–Crippen MR) is 91.8 cm³/mol. The highest BCUT2D eigenvalue weighted by Crippen LogP contribution is 2.37. The van der Waals surface area contributed by atoms with Crippen molar-refractivity contribution in [3.05, 3.63) is 45.3 Å². The van der Waals surface area contributed by atoms with E-state index < -0.39 is 7.60 Å². The molecule has 2 N–H and O–H groups in total. The average molecular weight is 433 g/mol. The summed E-state index contributed by atoms with van der Waals surface area (Å²) in [5.41, 5.74) is 1.94. The largest absolute Gasteiger partial charge is 0.340 e. The molecule has 0 saturated carbocycles. The number of aromatic nitrogens is 1. The molecule has 2 aromatic carbocycles. The van der Waals surface area contributed by atoms with Gasteiger partial charge in [0.2, 0.25) is 0 Å². The first-order valence-electron chi connectivity index (χ1n) is 6.27. The van der Waals surface area contributed by atoms with Crippen LogP contribution in [0.2, 0.25) is 0 Å². The first-order chi connectivity index (χ1) is 9.85. The second kappa shape index (κ2) is 5.52. The Morgan fingerprint density at radius 2 is 1.43 bits per heavy atom. The lowest BCUT2D eigenvalue weighted by Gasteiger charge is -2.08. The highest BCUT2D eigenvalue weighted by molar-refractivity contribution is 9.10. The van der Waals surface area contributed by atoms with Crippen molar-refractivity contribution in [1.29, 1.82) is 0 Å². The molecule has 0 aliphatic rings. The molecule has 21 heavy (non-hydrogen) atoms. The van der Waals surface area contributed by atoms with Gasteiger partial charge in [-0.05, 0) is 36.4 Å². The molecule has 1 heterocycles. The minimum atomic E-state index is -4.02. The molecular formula is C14H12Br2NO3P. The van der Waals surface area contributed by atoms with Crippen molar-refractivity contribution in [2.75, 3.05) is 6.16 Å². The lowest BCUT2D eigenvalue weighted by molar-refractivity contribution is 0.370. The van der Waals surface area contributed by atoms with Gasteiger partial charge >= 0.3 is 7.60 Å². The summed E-state index contributed by atoms with van der Waals surface area (Å²) < 4.78 is 15.1. The van der Waals surface area contributed by atoms with Gasteiger partial charge in [-0.25, -0.2) is 0 Å². The fraction of sp³-hybridized carbons (Fsp3) is 0.143. The van der Waals surface area contributed by atoms with E-state index in [2.05, 4.69) is 31.9 Å². The summed E-state index contributed by atoms with van der Waals surface area (Å²) >= 11 is 6.94. The summed E-state index contributed by atoms with van der Waals surface area (Å²) in [4.78, 5) is 18.3. The lowest BCUT2D eigenvalue weighted by Crippen LogP contribution is -2.02. The van der Waals surface area contributed by atoms with Crippen LogP contribution in [0.3, 0.4) is 0 Å².